The van der Waals surface area contributed by atoms with Crippen LogP contribution in [-0.4, -0.2) is 61.2 Å². The summed E-state index contributed by atoms with van der Waals surface area (Å²) in [6.45, 7) is 8.03. The number of cyclic esters (lactones) is 1. The van der Waals surface area contributed by atoms with Crippen LogP contribution in [0, 0.1) is 6.92 Å². The van der Waals surface area contributed by atoms with Crippen molar-refractivity contribution in [1.82, 2.24) is 9.88 Å². The average Bonchev–Trinajstić information content (AvgIpc) is 3.19. The van der Waals surface area contributed by atoms with E-state index in [1.807, 2.05) is 11.1 Å². The molecule has 0 atom stereocenters. The van der Waals surface area contributed by atoms with Gasteiger partial charge in [-0.1, -0.05) is 13.0 Å². The van der Waals surface area contributed by atoms with Crippen molar-refractivity contribution in [3.05, 3.63) is 53.2 Å². The zero-order valence-corrected chi connectivity index (χ0v) is 16.9. The van der Waals surface area contributed by atoms with Crippen LogP contribution >= 0.6 is 0 Å². The number of benzene rings is 1. The molecule has 1 aromatic heterocycles. The number of carbonyl (C=O) groups is 2. The van der Waals surface area contributed by atoms with E-state index in [0.29, 0.717) is 31.8 Å². The number of rotatable bonds is 4. The molecule has 3 heterocycles. The minimum atomic E-state index is -0.337. The number of pyridine rings is 1. The van der Waals surface area contributed by atoms with Crippen molar-refractivity contribution in [3.63, 3.8) is 0 Å². The molecule has 0 radical (unpaired) electrons. The third-order valence-electron chi connectivity index (χ3n) is 5.57. The Bertz CT molecular complexity index is 905. The second kappa shape index (κ2) is 8.11. The Labute approximate surface area is 170 Å². The summed E-state index contributed by atoms with van der Waals surface area (Å²) in [5.41, 5.74) is 3.81. The third-order valence-corrected chi connectivity index (χ3v) is 5.57. The number of carbonyl (C=O) groups excluding carboxylic acids is 2. The molecule has 0 saturated carbocycles. The highest BCUT2D eigenvalue weighted by atomic mass is 16.6. The van der Waals surface area contributed by atoms with Gasteiger partial charge in [0.15, 0.2) is 0 Å². The molecule has 2 aliphatic heterocycles. The molecule has 1 aromatic carbocycles. The molecule has 2 saturated heterocycles. The second-order valence-electron chi connectivity index (χ2n) is 7.43. The Hall–Kier alpha value is -3.09. The molecule has 0 aliphatic carbocycles. The Morgan fingerprint density at radius 1 is 1.10 bits per heavy atom. The fraction of sp³-hybridized carbons (Fsp3) is 0.409. The van der Waals surface area contributed by atoms with Crippen molar-refractivity contribution in [1.29, 1.82) is 0 Å². The van der Waals surface area contributed by atoms with Crippen LogP contribution in [0.3, 0.4) is 0 Å². The smallest absolute Gasteiger partial charge is 0.414 e. The maximum absolute atomic E-state index is 12.9. The zero-order chi connectivity index (χ0) is 20.4. The fourth-order valence-corrected chi connectivity index (χ4v) is 3.87. The molecule has 7 nitrogen and oxygen atoms in total. The Kier molecular flexibility index (Phi) is 5.38. The van der Waals surface area contributed by atoms with Gasteiger partial charge in [-0.2, -0.15) is 0 Å². The Balaban J connectivity index is 1.38. The molecule has 0 bridgehead atoms. The van der Waals surface area contributed by atoms with Crippen LogP contribution in [0.4, 0.5) is 16.3 Å². The van der Waals surface area contributed by atoms with Gasteiger partial charge in [-0.15, -0.1) is 0 Å². The van der Waals surface area contributed by atoms with Crippen molar-refractivity contribution < 1.29 is 14.3 Å². The summed E-state index contributed by atoms with van der Waals surface area (Å²) in [5.74, 6) is 1.03. The van der Waals surface area contributed by atoms with Gasteiger partial charge >= 0.3 is 6.09 Å². The summed E-state index contributed by atoms with van der Waals surface area (Å²) in [7, 11) is 0. The number of piperazine rings is 1. The van der Waals surface area contributed by atoms with Crippen LogP contribution in [-0.2, 0) is 11.2 Å². The largest absolute Gasteiger partial charge is 0.447 e. The summed E-state index contributed by atoms with van der Waals surface area (Å²) < 4.78 is 4.96. The Morgan fingerprint density at radius 2 is 1.83 bits per heavy atom. The van der Waals surface area contributed by atoms with Crippen molar-refractivity contribution in [2.45, 2.75) is 20.3 Å². The molecular weight excluding hydrogens is 368 g/mol. The standard InChI is InChI=1S/C22H26N4O3/c1-3-17-14-16(2)20(23-15-17)24-8-10-25(11-9-24)21(27)18-4-6-19(7-5-18)26-12-13-29-22(26)28/h4-7,14-15H,3,8-13H2,1-2H3. The van der Waals surface area contributed by atoms with Crippen LogP contribution in [0.2, 0.25) is 0 Å². The maximum atomic E-state index is 12.9. The minimum Gasteiger partial charge on any atom is -0.447 e. The van der Waals surface area contributed by atoms with Gasteiger partial charge in [-0.3, -0.25) is 9.69 Å². The molecule has 0 unspecified atom stereocenters. The first-order chi connectivity index (χ1) is 14.1. The van der Waals surface area contributed by atoms with E-state index in [1.165, 1.54) is 11.1 Å². The summed E-state index contributed by atoms with van der Waals surface area (Å²) in [5, 5.41) is 0. The van der Waals surface area contributed by atoms with Crippen molar-refractivity contribution >= 4 is 23.5 Å². The Morgan fingerprint density at radius 3 is 2.41 bits per heavy atom. The molecular formula is C22H26N4O3. The molecule has 29 heavy (non-hydrogen) atoms. The van der Waals surface area contributed by atoms with E-state index in [2.05, 4.69) is 29.8 Å². The number of hydrogen-bond donors (Lipinski definition) is 0. The van der Waals surface area contributed by atoms with Gasteiger partial charge in [-0.05, 0) is 48.7 Å². The average molecular weight is 394 g/mol. The SMILES string of the molecule is CCc1cnc(N2CCN(C(=O)c3ccc(N4CCOC4=O)cc3)CC2)c(C)c1. The van der Waals surface area contributed by atoms with Crippen molar-refractivity contribution in [2.75, 3.05) is 49.1 Å². The van der Waals surface area contributed by atoms with E-state index in [9.17, 15) is 9.59 Å². The molecule has 2 aliphatic rings. The minimum absolute atomic E-state index is 0.0196. The molecule has 0 spiro atoms. The normalized spacial score (nSPS) is 16.9. The zero-order valence-electron chi connectivity index (χ0n) is 16.9. The lowest BCUT2D eigenvalue weighted by atomic mass is 10.1. The van der Waals surface area contributed by atoms with Gasteiger partial charge in [0, 0.05) is 43.6 Å². The van der Waals surface area contributed by atoms with Crippen LogP contribution in [0.1, 0.15) is 28.4 Å². The van der Waals surface area contributed by atoms with E-state index in [0.717, 1.165) is 31.0 Å². The summed E-state index contributed by atoms with van der Waals surface area (Å²) >= 11 is 0. The van der Waals surface area contributed by atoms with Crippen LogP contribution in [0.25, 0.3) is 0 Å². The van der Waals surface area contributed by atoms with Gasteiger partial charge in [-0.25, -0.2) is 9.78 Å². The molecule has 152 valence electrons. The topological polar surface area (TPSA) is 66.0 Å². The number of nitrogens with zero attached hydrogens (tertiary/aromatic N) is 4. The van der Waals surface area contributed by atoms with Crippen LogP contribution in [0.5, 0.6) is 0 Å². The first-order valence-electron chi connectivity index (χ1n) is 10.1. The highest BCUT2D eigenvalue weighted by Crippen LogP contribution is 2.22. The lowest BCUT2D eigenvalue weighted by Gasteiger charge is -2.36. The summed E-state index contributed by atoms with van der Waals surface area (Å²) in [4.78, 5) is 34.9. The molecule has 7 heteroatoms. The van der Waals surface area contributed by atoms with Gasteiger partial charge < -0.3 is 14.5 Å². The first-order valence-corrected chi connectivity index (χ1v) is 10.1. The van der Waals surface area contributed by atoms with E-state index >= 15 is 0 Å². The highest BCUT2D eigenvalue weighted by Gasteiger charge is 2.26. The maximum Gasteiger partial charge on any atom is 0.414 e. The van der Waals surface area contributed by atoms with Gasteiger partial charge in [0.2, 0.25) is 0 Å². The van der Waals surface area contributed by atoms with Crippen molar-refractivity contribution in [3.8, 4) is 0 Å². The molecule has 2 fully saturated rings. The van der Waals surface area contributed by atoms with E-state index in [4.69, 9.17) is 4.74 Å². The number of anilines is 2. The number of hydrogen-bond acceptors (Lipinski definition) is 5. The van der Waals surface area contributed by atoms with E-state index < -0.39 is 0 Å². The van der Waals surface area contributed by atoms with E-state index in [-0.39, 0.29) is 12.0 Å². The summed E-state index contributed by atoms with van der Waals surface area (Å²) in [6, 6.07) is 9.37. The molecule has 4 rings (SSSR count). The van der Waals surface area contributed by atoms with Gasteiger partial charge in [0.1, 0.15) is 12.4 Å². The predicted octanol–water partition coefficient (Wildman–Crippen LogP) is 2.87. The fourth-order valence-electron chi connectivity index (χ4n) is 3.87. The number of aromatic nitrogens is 1. The number of amides is 2. The first kappa shape index (κ1) is 19.2. The highest BCUT2D eigenvalue weighted by molar-refractivity contribution is 5.95. The molecule has 2 aromatic rings. The van der Waals surface area contributed by atoms with Crippen LogP contribution < -0.4 is 9.80 Å². The molecule has 0 N–H and O–H groups in total. The predicted molar refractivity (Wildman–Crippen MR) is 112 cm³/mol. The lowest BCUT2D eigenvalue weighted by Crippen LogP contribution is -2.49. The molecule has 2 amide bonds. The monoisotopic (exact) mass is 394 g/mol. The van der Waals surface area contributed by atoms with Crippen molar-refractivity contribution in [2.24, 2.45) is 0 Å². The van der Waals surface area contributed by atoms with E-state index in [1.54, 1.807) is 29.2 Å². The lowest BCUT2D eigenvalue weighted by molar-refractivity contribution is 0.0746. The van der Waals surface area contributed by atoms with Gasteiger partial charge in [0.05, 0.1) is 6.54 Å². The summed E-state index contributed by atoms with van der Waals surface area (Å²) in [6.07, 6.45) is 2.59. The quantitative estimate of drug-likeness (QED) is 0.798. The third kappa shape index (κ3) is 3.90. The van der Waals surface area contributed by atoms with Gasteiger partial charge in [0.25, 0.3) is 5.91 Å². The number of ether oxygens (including phenoxy) is 1. The second-order valence-corrected chi connectivity index (χ2v) is 7.43. The number of aryl methyl sites for hydroxylation is 2. The van der Waals surface area contributed by atoms with Crippen LogP contribution in [0.15, 0.2) is 36.5 Å².